The number of aliphatic hydroxyl groups excluding tert-OH is 1. The van der Waals surface area contributed by atoms with Crippen LogP contribution in [0.1, 0.15) is 25.7 Å². The highest BCUT2D eigenvalue weighted by Crippen LogP contribution is 2.26. The Morgan fingerprint density at radius 2 is 2.19 bits per heavy atom. The molecule has 0 amide bonds. The lowest BCUT2D eigenvalue weighted by atomic mass is 9.85. The van der Waals surface area contributed by atoms with Gasteiger partial charge in [-0.15, -0.1) is 0 Å². The zero-order valence-corrected chi connectivity index (χ0v) is 9.19. The molecule has 2 rings (SSSR count). The highest BCUT2D eigenvalue weighted by Gasteiger charge is 2.24. The van der Waals surface area contributed by atoms with E-state index in [1.807, 2.05) is 0 Å². The van der Waals surface area contributed by atoms with E-state index in [2.05, 4.69) is 10.3 Å². The summed E-state index contributed by atoms with van der Waals surface area (Å²) in [7, 11) is 0. The predicted octanol–water partition coefficient (Wildman–Crippen LogP) is 2.18. The third-order valence-electron chi connectivity index (χ3n) is 3.19. The highest BCUT2D eigenvalue weighted by atomic mass is 19.1. The van der Waals surface area contributed by atoms with Crippen molar-refractivity contribution in [1.29, 1.82) is 0 Å². The molecule has 2 N–H and O–H groups in total. The van der Waals surface area contributed by atoms with Crippen LogP contribution in [-0.2, 0) is 0 Å². The molecule has 2 unspecified atom stereocenters. The topological polar surface area (TPSA) is 45.1 Å². The largest absolute Gasteiger partial charge is 0.396 e. The van der Waals surface area contributed by atoms with Crippen molar-refractivity contribution in [2.24, 2.45) is 5.92 Å². The van der Waals surface area contributed by atoms with Crippen molar-refractivity contribution >= 4 is 5.82 Å². The van der Waals surface area contributed by atoms with Gasteiger partial charge in [0.25, 0.3) is 0 Å². The van der Waals surface area contributed by atoms with E-state index in [4.69, 9.17) is 0 Å². The Morgan fingerprint density at radius 1 is 1.38 bits per heavy atom. The molecule has 2 atom stereocenters. The number of nitrogens with zero attached hydrogens (tertiary/aromatic N) is 1. The van der Waals surface area contributed by atoms with E-state index in [0.717, 1.165) is 19.3 Å². The molecule has 0 saturated heterocycles. The first-order valence-corrected chi connectivity index (χ1v) is 5.79. The van der Waals surface area contributed by atoms with Crippen molar-refractivity contribution in [3.05, 3.63) is 24.1 Å². The Labute approximate surface area is 94.7 Å². The van der Waals surface area contributed by atoms with E-state index in [9.17, 15) is 9.50 Å². The minimum atomic E-state index is -0.471. The van der Waals surface area contributed by atoms with Crippen LogP contribution in [0.3, 0.4) is 0 Å². The van der Waals surface area contributed by atoms with Gasteiger partial charge in [0.1, 0.15) is 5.82 Å². The molecule has 1 aliphatic rings. The molecule has 1 aliphatic carbocycles. The molecule has 1 saturated carbocycles. The Morgan fingerprint density at radius 3 is 2.94 bits per heavy atom. The second kappa shape index (κ2) is 5.25. The van der Waals surface area contributed by atoms with Crippen molar-refractivity contribution in [1.82, 2.24) is 4.98 Å². The van der Waals surface area contributed by atoms with Gasteiger partial charge in [-0.25, -0.2) is 4.98 Å². The summed E-state index contributed by atoms with van der Waals surface area (Å²) in [6.45, 7) is 0.187. The molecule has 4 heteroatoms. The molecule has 3 nitrogen and oxygen atoms in total. The first kappa shape index (κ1) is 11.3. The van der Waals surface area contributed by atoms with Crippen molar-refractivity contribution in [3.8, 4) is 0 Å². The van der Waals surface area contributed by atoms with Crippen LogP contribution in [0.25, 0.3) is 0 Å². The molecule has 0 radical (unpaired) electrons. The van der Waals surface area contributed by atoms with Gasteiger partial charge in [0, 0.05) is 18.6 Å². The van der Waals surface area contributed by atoms with Crippen LogP contribution in [0, 0.1) is 11.9 Å². The molecule has 1 aromatic rings. The molecule has 88 valence electrons. The summed E-state index contributed by atoms with van der Waals surface area (Å²) < 4.78 is 12.9. The van der Waals surface area contributed by atoms with Crippen LogP contribution < -0.4 is 5.32 Å². The van der Waals surface area contributed by atoms with Crippen molar-refractivity contribution in [2.45, 2.75) is 31.7 Å². The molecule has 0 aliphatic heterocycles. The fourth-order valence-electron chi connectivity index (χ4n) is 2.29. The summed E-state index contributed by atoms with van der Waals surface area (Å²) >= 11 is 0. The first-order valence-electron chi connectivity index (χ1n) is 5.79. The zero-order valence-electron chi connectivity index (χ0n) is 9.19. The van der Waals surface area contributed by atoms with Crippen molar-refractivity contribution in [3.63, 3.8) is 0 Å². The Hall–Kier alpha value is -1.16. The molecule has 1 fully saturated rings. The third-order valence-corrected chi connectivity index (χ3v) is 3.19. The molecule has 1 aromatic heterocycles. The minimum Gasteiger partial charge on any atom is -0.396 e. The summed E-state index contributed by atoms with van der Waals surface area (Å²) in [6, 6.07) is 4.94. The van der Waals surface area contributed by atoms with E-state index in [-0.39, 0.29) is 18.6 Å². The predicted molar refractivity (Wildman–Crippen MR) is 60.6 cm³/mol. The number of anilines is 1. The number of aromatic nitrogens is 1. The van der Waals surface area contributed by atoms with Crippen molar-refractivity contribution in [2.75, 3.05) is 11.9 Å². The molecule has 0 spiro atoms. The average molecular weight is 224 g/mol. The molecule has 0 bridgehead atoms. The molecule has 1 heterocycles. The van der Waals surface area contributed by atoms with E-state index in [1.54, 1.807) is 12.1 Å². The smallest absolute Gasteiger partial charge is 0.214 e. The fourth-order valence-corrected chi connectivity index (χ4v) is 2.29. The summed E-state index contributed by atoms with van der Waals surface area (Å²) in [4.78, 5) is 3.78. The Balaban J connectivity index is 2.02. The maximum absolute atomic E-state index is 12.9. The second-order valence-corrected chi connectivity index (χ2v) is 4.32. The number of pyridine rings is 1. The summed E-state index contributed by atoms with van der Waals surface area (Å²) in [5, 5.41) is 12.5. The highest BCUT2D eigenvalue weighted by molar-refractivity contribution is 5.35. The lowest BCUT2D eigenvalue weighted by molar-refractivity contribution is 0.178. The van der Waals surface area contributed by atoms with Crippen LogP contribution in [0.15, 0.2) is 18.2 Å². The van der Waals surface area contributed by atoms with Crippen LogP contribution in [0.4, 0.5) is 10.2 Å². The quantitative estimate of drug-likeness (QED) is 0.773. The second-order valence-electron chi connectivity index (χ2n) is 4.32. The summed E-state index contributed by atoms with van der Waals surface area (Å²) in [6.07, 6.45) is 4.37. The van der Waals surface area contributed by atoms with E-state index in [0.29, 0.717) is 5.82 Å². The Kier molecular flexibility index (Phi) is 3.72. The molecule has 16 heavy (non-hydrogen) atoms. The first-order chi connectivity index (χ1) is 7.79. The van der Waals surface area contributed by atoms with E-state index < -0.39 is 5.95 Å². The average Bonchev–Trinajstić information content (AvgIpc) is 2.30. The van der Waals surface area contributed by atoms with E-state index in [1.165, 1.54) is 12.5 Å². The maximum Gasteiger partial charge on any atom is 0.214 e. The van der Waals surface area contributed by atoms with Gasteiger partial charge in [0.15, 0.2) is 0 Å². The Bertz CT molecular complexity index is 346. The lowest BCUT2D eigenvalue weighted by Crippen LogP contribution is -2.34. The van der Waals surface area contributed by atoms with E-state index >= 15 is 0 Å². The molecule has 0 aromatic carbocycles. The van der Waals surface area contributed by atoms with Gasteiger partial charge >= 0.3 is 0 Å². The number of nitrogens with one attached hydrogen (secondary N) is 1. The van der Waals surface area contributed by atoms with Gasteiger partial charge in [-0.2, -0.15) is 4.39 Å². The van der Waals surface area contributed by atoms with Crippen LogP contribution >= 0.6 is 0 Å². The minimum absolute atomic E-state index is 0.187. The third kappa shape index (κ3) is 2.70. The van der Waals surface area contributed by atoms with Gasteiger partial charge in [-0.1, -0.05) is 18.9 Å². The molecular weight excluding hydrogens is 207 g/mol. The summed E-state index contributed by atoms with van der Waals surface area (Å²) in [5.74, 6) is 0.352. The standard InChI is InChI=1S/C12H17FN2O/c13-11-6-3-7-12(15-11)14-10-5-2-1-4-9(10)8-16/h3,6-7,9-10,16H,1-2,4-5,8H2,(H,14,15). The number of rotatable bonds is 3. The molecular formula is C12H17FN2O. The monoisotopic (exact) mass is 224 g/mol. The van der Waals surface area contributed by atoms with Gasteiger partial charge < -0.3 is 10.4 Å². The van der Waals surface area contributed by atoms with Crippen LogP contribution in [0.5, 0.6) is 0 Å². The van der Waals surface area contributed by atoms with Gasteiger partial charge in [0.05, 0.1) is 0 Å². The van der Waals surface area contributed by atoms with Gasteiger partial charge in [-0.05, 0) is 25.0 Å². The van der Waals surface area contributed by atoms with Crippen LogP contribution in [-0.4, -0.2) is 22.7 Å². The van der Waals surface area contributed by atoms with Crippen molar-refractivity contribution < 1.29 is 9.50 Å². The fraction of sp³-hybridized carbons (Fsp3) is 0.583. The number of hydrogen-bond acceptors (Lipinski definition) is 3. The SMILES string of the molecule is OCC1CCCCC1Nc1cccc(F)n1. The zero-order chi connectivity index (χ0) is 11.4. The van der Waals surface area contributed by atoms with Gasteiger partial charge in [-0.3, -0.25) is 0 Å². The lowest BCUT2D eigenvalue weighted by Gasteiger charge is -2.31. The maximum atomic E-state index is 12.9. The number of halogens is 1. The number of aliphatic hydroxyl groups is 1. The van der Waals surface area contributed by atoms with Gasteiger partial charge in [0.2, 0.25) is 5.95 Å². The normalized spacial score (nSPS) is 25.4. The summed E-state index contributed by atoms with van der Waals surface area (Å²) in [5.41, 5.74) is 0. The number of hydrogen-bond donors (Lipinski definition) is 2. The van der Waals surface area contributed by atoms with Crippen LogP contribution in [0.2, 0.25) is 0 Å².